The van der Waals surface area contributed by atoms with E-state index >= 15 is 0 Å². The van der Waals surface area contributed by atoms with Crippen LogP contribution in [-0.4, -0.2) is 44.8 Å². The molecule has 3 N–H and O–H groups in total. The third kappa shape index (κ3) is 5.38. The van der Waals surface area contributed by atoms with E-state index < -0.39 is 10.0 Å². The number of carbonyl (C=O) groups is 1. The molecule has 0 atom stereocenters. The number of fused-ring (bicyclic) bond motifs is 1. The third-order valence-electron chi connectivity index (χ3n) is 5.17. The van der Waals surface area contributed by atoms with Crippen LogP contribution in [0.15, 0.2) is 65.6 Å². The maximum absolute atomic E-state index is 12.9. The lowest BCUT2D eigenvalue weighted by Crippen LogP contribution is -2.30. The molecule has 0 saturated heterocycles. The van der Waals surface area contributed by atoms with E-state index in [1.807, 2.05) is 63.2 Å². The number of nitrogens with one attached hydrogen (secondary N) is 3. The summed E-state index contributed by atoms with van der Waals surface area (Å²) in [5.74, 6) is -0.222. The molecular weight excluding hydrogens is 424 g/mol. The van der Waals surface area contributed by atoms with Gasteiger partial charge in [-0.15, -0.1) is 0 Å². The molecule has 1 amide bonds. The molecule has 0 aromatic heterocycles. The van der Waals surface area contributed by atoms with Crippen LogP contribution >= 0.6 is 0 Å². The topological polar surface area (TPSA) is 90.5 Å². The monoisotopic (exact) mass is 454 g/mol. The normalized spacial score (nSPS) is 11.5. The number of benzene rings is 3. The van der Waals surface area contributed by atoms with Crippen LogP contribution in [0.2, 0.25) is 0 Å². The zero-order valence-corrected chi connectivity index (χ0v) is 19.5. The van der Waals surface area contributed by atoms with Crippen molar-refractivity contribution in [2.45, 2.75) is 25.7 Å². The molecule has 7 nitrogen and oxygen atoms in total. The van der Waals surface area contributed by atoms with Gasteiger partial charge in [-0.1, -0.05) is 44.2 Å². The predicted molar refractivity (Wildman–Crippen MR) is 132 cm³/mol. The molecule has 32 heavy (non-hydrogen) atoms. The van der Waals surface area contributed by atoms with Crippen molar-refractivity contribution >= 4 is 43.8 Å². The quantitative estimate of drug-likeness (QED) is 0.424. The summed E-state index contributed by atoms with van der Waals surface area (Å²) in [6, 6.07) is 18.6. The van der Waals surface area contributed by atoms with Crippen molar-refractivity contribution in [3.63, 3.8) is 0 Å². The van der Waals surface area contributed by atoms with Gasteiger partial charge in [0.15, 0.2) is 0 Å². The van der Waals surface area contributed by atoms with Crippen molar-refractivity contribution in [3.8, 4) is 0 Å². The lowest BCUT2D eigenvalue weighted by atomic mass is 10.1. The second-order valence-electron chi connectivity index (χ2n) is 7.29. The summed E-state index contributed by atoms with van der Waals surface area (Å²) in [4.78, 5) is 12.7. The first-order chi connectivity index (χ1) is 15.4. The van der Waals surface area contributed by atoms with Crippen LogP contribution in [0.4, 0.5) is 17.1 Å². The molecule has 0 saturated carbocycles. The number of amides is 1. The highest BCUT2D eigenvalue weighted by molar-refractivity contribution is 7.89. The molecule has 8 heteroatoms. The summed E-state index contributed by atoms with van der Waals surface area (Å²) in [5, 5.41) is 11.3. The van der Waals surface area contributed by atoms with Crippen LogP contribution in [-0.2, 0) is 14.8 Å². The van der Waals surface area contributed by atoms with Crippen molar-refractivity contribution in [1.82, 2.24) is 4.31 Å². The fraction of sp³-hybridized carbons (Fsp3) is 0.292. The number of sulfonamides is 1. The number of anilines is 3. The van der Waals surface area contributed by atoms with Crippen LogP contribution < -0.4 is 16.0 Å². The van der Waals surface area contributed by atoms with E-state index in [-0.39, 0.29) is 17.3 Å². The first kappa shape index (κ1) is 23.6. The Hall–Kier alpha value is -3.10. The summed E-state index contributed by atoms with van der Waals surface area (Å²) < 4.78 is 27.2. The average molecular weight is 455 g/mol. The van der Waals surface area contributed by atoms with Gasteiger partial charge in [-0.05, 0) is 48.0 Å². The van der Waals surface area contributed by atoms with Gasteiger partial charge >= 0.3 is 0 Å². The number of carbonyl (C=O) groups excluding carboxylic acids is 1. The van der Waals surface area contributed by atoms with Crippen LogP contribution in [0, 0.1) is 0 Å². The fourth-order valence-electron chi connectivity index (χ4n) is 3.54. The average Bonchev–Trinajstić information content (AvgIpc) is 2.79. The fourth-order valence-corrected chi connectivity index (χ4v) is 5.02. The van der Waals surface area contributed by atoms with Crippen LogP contribution in [0.25, 0.3) is 10.8 Å². The molecule has 0 aliphatic carbocycles. The van der Waals surface area contributed by atoms with E-state index in [4.69, 9.17) is 0 Å². The number of hydrogen-bond donors (Lipinski definition) is 3. The zero-order chi connectivity index (χ0) is 23.1. The summed E-state index contributed by atoms with van der Waals surface area (Å²) >= 11 is 0. The maximum Gasteiger partial charge on any atom is 0.243 e. The highest BCUT2D eigenvalue weighted by Gasteiger charge is 2.22. The van der Waals surface area contributed by atoms with Crippen molar-refractivity contribution in [3.05, 3.63) is 60.7 Å². The minimum atomic E-state index is -3.60. The number of hydrogen-bond acceptors (Lipinski definition) is 5. The smallest absolute Gasteiger partial charge is 0.243 e. The van der Waals surface area contributed by atoms with Crippen molar-refractivity contribution in [1.29, 1.82) is 0 Å². The largest absolute Gasteiger partial charge is 0.384 e. The van der Waals surface area contributed by atoms with Gasteiger partial charge in [-0.25, -0.2) is 8.42 Å². The van der Waals surface area contributed by atoms with Gasteiger partial charge in [0.05, 0.1) is 22.8 Å². The lowest BCUT2D eigenvalue weighted by molar-refractivity contribution is -0.114. The third-order valence-corrected chi connectivity index (χ3v) is 7.22. The molecule has 3 rings (SSSR count). The van der Waals surface area contributed by atoms with E-state index in [0.29, 0.717) is 31.0 Å². The Morgan fingerprint density at radius 2 is 1.56 bits per heavy atom. The number of nitrogens with zero attached hydrogens (tertiary/aromatic N) is 1. The van der Waals surface area contributed by atoms with Crippen LogP contribution in [0.5, 0.6) is 0 Å². The van der Waals surface area contributed by atoms with Gasteiger partial charge in [0.25, 0.3) is 0 Å². The Balaban J connectivity index is 1.76. The standard InChI is InChI=1S/C24H30N4O3S/c1-4-25-22-14-13-21(32(30,31)28(5-2)6-3)16-23(22)26-17-24(29)27-20-12-11-18-9-7-8-10-19(18)15-20/h7-16,25-26H,4-6,17H2,1-3H3,(H,27,29). The van der Waals surface area contributed by atoms with Crippen LogP contribution in [0.1, 0.15) is 20.8 Å². The molecule has 0 spiro atoms. The predicted octanol–water partition coefficient (Wildman–Crippen LogP) is 4.35. The molecule has 0 fully saturated rings. The Bertz CT molecular complexity index is 1190. The summed E-state index contributed by atoms with van der Waals surface area (Å²) in [5.41, 5.74) is 2.01. The van der Waals surface area contributed by atoms with E-state index in [9.17, 15) is 13.2 Å². The van der Waals surface area contributed by atoms with Gasteiger partial charge in [0.2, 0.25) is 15.9 Å². The SMILES string of the molecule is CCNc1ccc(S(=O)(=O)N(CC)CC)cc1NCC(=O)Nc1ccc2ccccc2c1. The minimum absolute atomic E-state index is 0.00000803. The molecule has 0 aliphatic heterocycles. The molecule has 170 valence electrons. The summed E-state index contributed by atoms with van der Waals surface area (Å²) in [6.07, 6.45) is 0. The van der Waals surface area contributed by atoms with Gasteiger partial charge in [-0.2, -0.15) is 4.31 Å². The van der Waals surface area contributed by atoms with Crippen molar-refractivity contribution in [2.75, 3.05) is 42.1 Å². The Morgan fingerprint density at radius 3 is 2.25 bits per heavy atom. The molecule has 3 aromatic carbocycles. The minimum Gasteiger partial charge on any atom is -0.384 e. The Labute approximate surface area is 189 Å². The first-order valence-corrected chi connectivity index (χ1v) is 12.2. The number of rotatable bonds is 10. The van der Waals surface area contributed by atoms with E-state index in [2.05, 4.69) is 16.0 Å². The lowest BCUT2D eigenvalue weighted by Gasteiger charge is -2.20. The molecule has 0 unspecified atom stereocenters. The molecule has 0 radical (unpaired) electrons. The van der Waals surface area contributed by atoms with Crippen molar-refractivity contribution < 1.29 is 13.2 Å². The molecule has 0 aliphatic rings. The summed E-state index contributed by atoms with van der Waals surface area (Å²) in [7, 11) is -3.60. The highest BCUT2D eigenvalue weighted by atomic mass is 32.2. The van der Waals surface area contributed by atoms with E-state index in [0.717, 1.165) is 16.5 Å². The first-order valence-electron chi connectivity index (χ1n) is 10.8. The molecule has 0 heterocycles. The van der Waals surface area contributed by atoms with Gasteiger partial charge in [-0.3, -0.25) is 4.79 Å². The van der Waals surface area contributed by atoms with Gasteiger partial charge in [0, 0.05) is 25.3 Å². The second kappa shape index (κ2) is 10.5. The molecule has 3 aromatic rings. The van der Waals surface area contributed by atoms with E-state index in [1.54, 1.807) is 18.2 Å². The maximum atomic E-state index is 12.9. The summed E-state index contributed by atoms with van der Waals surface area (Å²) in [6.45, 7) is 7.03. The van der Waals surface area contributed by atoms with E-state index in [1.165, 1.54) is 4.31 Å². The zero-order valence-electron chi connectivity index (χ0n) is 18.7. The highest BCUT2D eigenvalue weighted by Crippen LogP contribution is 2.27. The Kier molecular flexibility index (Phi) is 7.71. The van der Waals surface area contributed by atoms with Crippen molar-refractivity contribution in [2.24, 2.45) is 0 Å². The molecule has 0 bridgehead atoms. The molecular formula is C24H30N4O3S. The van der Waals surface area contributed by atoms with Gasteiger partial charge in [0.1, 0.15) is 0 Å². The van der Waals surface area contributed by atoms with Gasteiger partial charge < -0.3 is 16.0 Å². The van der Waals surface area contributed by atoms with Crippen LogP contribution in [0.3, 0.4) is 0 Å². The Morgan fingerprint density at radius 1 is 0.844 bits per heavy atom. The second-order valence-corrected chi connectivity index (χ2v) is 9.23.